The lowest BCUT2D eigenvalue weighted by Crippen LogP contribution is -2.42. The van der Waals surface area contributed by atoms with Gasteiger partial charge in [-0.2, -0.15) is 0 Å². The fourth-order valence-corrected chi connectivity index (χ4v) is 3.19. The molecule has 1 saturated heterocycles. The van der Waals surface area contributed by atoms with Crippen molar-refractivity contribution in [3.63, 3.8) is 0 Å². The van der Waals surface area contributed by atoms with E-state index in [1.165, 1.54) is 16.7 Å². The average Bonchev–Trinajstić information content (AvgIpc) is 2.64. The summed E-state index contributed by atoms with van der Waals surface area (Å²) in [6.07, 6.45) is 0.944. The molecule has 1 fully saturated rings. The van der Waals surface area contributed by atoms with Crippen molar-refractivity contribution in [3.8, 4) is 5.75 Å². The molecule has 0 amide bonds. The van der Waals surface area contributed by atoms with Crippen LogP contribution in [0, 0.1) is 0 Å². The molecular formula is C22H30N2O. The van der Waals surface area contributed by atoms with Crippen molar-refractivity contribution in [2.75, 3.05) is 32.8 Å². The Labute approximate surface area is 152 Å². The molecule has 1 aliphatic heterocycles. The van der Waals surface area contributed by atoms with Gasteiger partial charge in [0, 0.05) is 39.1 Å². The molecule has 134 valence electrons. The van der Waals surface area contributed by atoms with Crippen LogP contribution in [0.3, 0.4) is 0 Å². The van der Waals surface area contributed by atoms with Gasteiger partial charge < -0.3 is 10.1 Å². The maximum atomic E-state index is 5.94. The van der Waals surface area contributed by atoms with E-state index in [4.69, 9.17) is 4.74 Å². The maximum absolute atomic E-state index is 5.94. The van der Waals surface area contributed by atoms with Crippen LogP contribution in [0.25, 0.3) is 0 Å². The van der Waals surface area contributed by atoms with E-state index in [9.17, 15) is 0 Å². The summed E-state index contributed by atoms with van der Waals surface area (Å²) in [6, 6.07) is 17.4. The van der Waals surface area contributed by atoms with Crippen molar-refractivity contribution in [2.45, 2.75) is 32.7 Å². The highest BCUT2D eigenvalue weighted by molar-refractivity contribution is 5.30. The largest absolute Gasteiger partial charge is 0.493 e. The van der Waals surface area contributed by atoms with E-state index in [1.807, 2.05) is 6.07 Å². The topological polar surface area (TPSA) is 24.5 Å². The minimum absolute atomic E-state index is 0.534. The van der Waals surface area contributed by atoms with Gasteiger partial charge in [0.05, 0.1) is 6.61 Å². The Kier molecular flexibility index (Phi) is 6.48. The zero-order valence-electron chi connectivity index (χ0n) is 15.5. The van der Waals surface area contributed by atoms with Crippen LogP contribution < -0.4 is 10.1 Å². The summed E-state index contributed by atoms with van der Waals surface area (Å²) in [7, 11) is 0. The number of hydrogen-bond donors (Lipinski definition) is 1. The maximum Gasteiger partial charge on any atom is 0.119 e. The Morgan fingerprint density at radius 3 is 2.44 bits per heavy atom. The molecule has 0 aliphatic carbocycles. The molecule has 0 atom stereocenters. The molecule has 0 radical (unpaired) electrons. The van der Waals surface area contributed by atoms with Crippen LogP contribution in [0.2, 0.25) is 0 Å². The second-order valence-electron chi connectivity index (χ2n) is 7.17. The second kappa shape index (κ2) is 9.02. The quantitative estimate of drug-likeness (QED) is 0.830. The third-order valence-corrected chi connectivity index (χ3v) is 4.82. The molecule has 3 rings (SSSR count). The van der Waals surface area contributed by atoms with Crippen LogP contribution in [-0.2, 0) is 13.0 Å². The molecule has 0 spiro atoms. The van der Waals surface area contributed by atoms with Gasteiger partial charge in [-0.1, -0.05) is 50.2 Å². The number of benzene rings is 2. The van der Waals surface area contributed by atoms with E-state index in [0.29, 0.717) is 5.92 Å². The molecule has 0 unspecified atom stereocenters. The Morgan fingerprint density at radius 1 is 1.00 bits per heavy atom. The molecule has 1 heterocycles. The fraction of sp³-hybridized carbons (Fsp3) is 0.455. The first-order chi connectivity index (χ1) is 12.2. The molecule has 2 aromatic carbocycles. The average molecular weight is 338 g/mol. The fourth-order valence-electron chi connectivity index (χ4n) is 3.19. The molecule has 1 aliphatic rings. The molecule has 0 bridgehead atoms. The Morgan fingerprint density at radius 2 is 1.72 bits per heavy atom. The highest BCUT2D eigenvalue weighted by Crippen LogP contribution is 2.20. The number of hydrogen-bond acceptors (Lipinski definition) is 3. The van der Waals surface area contributed by atoms with Crippen LogP contribution in [0.4, 0.5) is 0 Å². The zero-order chi connectivity index (χ0) is 17.5. The van der Waals surface area contributed by atoms with Crippen molar-refractivity contribution < 1.29 is 4.74 Å². The molecule has 1 N–H and O–H groups in total. The van der Waals surface area contributed by atoms with Crippen LogP contribution >= 0.6 is 0 Å². The summed E-state index contributed by atoms with van der Waals surface area (Å²) in [6.45, 7) is 10.7. The van der Waals surface area contributed by atoms with Gasteiger partial charge in [0.1, 0.15) is 5.75 Å². The first-order valence-electron chi connectivity index (χ1n) is 9.44. The Hall–Kier alpha value is -1.84. The Balaban J connectivity index is 1.46. The summed E-state index contributed by atoms with van der Waals surface area (Å²) in [4.78, 5) is 2.51. The first kappa shape index (κ1) is 18.0. The van der Waals surface area contributed by atoms with Crippen molar-refractivity contribution in [2.24, 2.45) is 0 Å². The molecule has 3 nitrogen and oxygen atoms in total. The molecule has 3 heteroatoms. The lowest BCUT2D eigenvalue weighted by atomic mass is 10.0. The minimum atomic E-state index is 0.534. The number of rotatable bonds is 7. The highest BCUT2D eigenvalue weighted by atomic mass is 16.5. The lowest BCUT2D eigenvalue weighted by molar-refractivity contribution is 0.233. The van der Waals surface area contributed by atoms with E-state index >= 15 is 0 Å². The van der Waals surface area contributed by atoms with E-state index in [1.54, 1.807) is 0 Å². The van der Waals surface area contributed by atoms with E-state index in [-0.39, 0.29) is 0 Å². The number of nitrogens with one attached hydrogen (secondary N) is 1. The second-order valence-corrected chi connectivity index (χ2v) is 7.17. The van der Waals surface area contributed by atoms with Gasteiger partial charge in [0.25, 0.3) is 0 Å². The van der Waals surface area contributed by atoms with Gasteiger partial charge in [-0.25, -0.2) is 0 Å². The molecule has 2 aromatic rings. The third kappa shape index (κ3) is 5.58. The van der Waals surface area contributed by atoms with Crippen LogP contribution in [0.15, 0.2) is 48.5 Å². The van der Waals surface area contributed by atoms with Crippen LogP contribution in [0.5, 0.6) is 5.75 Å². The van der Waals surface area contributed by atoms with E-state index < -0.39 is 0 Å². The molecule has 0 saturated carbocycles. The number of ether oxygens (including phenoxy) is 1. The van der Waals surface area contributed by atoms with Crippen molar-refractivity contribution in [1.29, 1.82) is 0 Å². The van der Waals surface area contributed by atoms with Gasteiger partial charge >= 0.3 is 0 Å². The summed E-state index contributed by atoms with van der Waals surface area (Å²) >= 11 is 0. The van der Waals surface area contributed by atoms with Crippen molar-refractivity contribution in [1.82, 2.24) is 10.2 Å². The minimum Gasteiger partial charge on any atom is -0.493 e. The smallest absolute Gasteiger partial charge is 0.119 e. The van der Waals surface area contributed by atoms with Gasteiger partial charge in [0.15, 0.2) is 0 Å². The van der Waals surface area contributed by atoms with Gasteiger partial charge in [-0.3, -0.25) is 4.90 Å². The lowest BCUT2D eigenvalue weighted by Gasteiger charge is -2.27. The number of piperazine rings is 1. The molecular weight excluding hydrogens is 308 g/mol. The highest BCUT2D eigenvalue weighted by Gasteiger charge is 2.09. The summed E-state index contributed by atoms with van der Waals surface area (Å²) in [5, 5.41) is 3.40. The summed E-state index contributed by atoms with van der Waals surface area (Å²) in [5.41, 5.74) is 4.06. The van der Waals surface area contributed by atoms with Gasteiger partial charge in [-0.15, -0.1) is 0 Å². The van der Waals surface area contributed by atoms with Crippen molar-refractivity contribution >= 4 is 0 Å². The predicted octanol–water partition coefficient (Wildman–Crippen LogP) is 3.84. The summed E-state index contributed by atoms with van der Waals surface area (Å²) in [5.74, 6) is 1.51. The first-order valence-corrected chi connectivity index (χ1v) is 9.44. The standard InChI is InChI=1S/C22H30N2O/c1-18(2)21-4-3-5-22(16-21)25-15-10-19-6-8-20(9-7-19)17-24-13-11-23-12-14-24/h3-9,16,18,23H,10-15,17H2,1-2H3. The zero-order valence-corrected chi connectivity index (χ0v) is 15.5. The van der Waals surface area contributed by atoms with Crippen LogP contribution in [0.1, 0.15) is 36.5 Å². The van der Waals surface area contributed by atoms with Gasteiger partial charge in [0.2, 0.25) is 0 Å². The molecule has 25 heavy (non-hydrogen) atoms. The van der Waals surface area contributed by atoms with Crippen LogP contribution in [-0.4, -0.2) is 37.7 Å². The van der Waals surface area contributed by atoms with E-state index in [2.05, 4.69) is 66.5 Å². The van der Waals surface area contributed by atoms with E-state index in [0.717, 1.165) is 51.5 Å². The normalized spacial score (nSPS) is 15.5. The van der Waals surface area contributed by atoms with Gasteiger partial charge in [-0.05, 0) is 34.7 Å². The third-order valence-electron chi connectivity index (χ3n) is 4.82. The summed E-state index contributed by atoms with van der Waals surface area (Å²) < 4.78 is 5.94. The Bertz CT molecular complexity index is 645. The predicted molar refractivity (Wildman–Crippen MR) is 104 cm³/mol. The molecule has 0 aromatic heterocycles. The monoisotopic (exact) mass is 338 g/mol. The van der Waals surface area contributed by atoms with Crippen molar-refractivity contribution in [3.05, 3.63) is 65.2 Å². The number of nitrogens with zero attached hydrogens (tertiary/aromatic N) is 1. The SMILES string of the molecule is CC(C)c1cccc(OCCc2ccc(CN3CCNCC3)cc2)c1.